The standard InChI is InChI=1S/2C3H7NO2.Ni/c2*1-2(4)3(5)6;/h2*2H,4H2,1H3,(H,5,6);/t2*2-;/m00./s1. The molecule has 0 aromatic heterocycles. The van der Waals surface area contributed by atoms with Gasteiger partial charge < -0.3 is 21.7 Å². The van der Waals surface area contributed by atoms with Crippen LogP contribution in [0.1, 0.15) is 13.8 Å². The third-order valence-electron chi connectivity index (χ3n) is 0.779. The van der Waals surface area contributed by atoms with E-state index in [1.165, 1.54) is 13.8 Å². The number of nitrogens with two attached hydrogens (primary N) is 2. The molecule has 0 fully saturated rings. The van der Waals surface area contributed by atoms with Crippen molar-refractivity contribution in [3.63, 3.8) is 0 Å². The Balaban J connectivity index is -0.000000143. The van der Waals surface area contributed by atoms with Crippen molar-refractivity contribution in [1.29, 1.82) is 0 Å². The fourth-order valence-corrected chi connectivity index (χ4v) is 0. The fourth-order valence-electron chi connectivity index (χ4n) is 0. The Kier molecular flexibility index (Phi) is 13.2. The van der Waals surface area contributed by atoms with Crippen LogP contribution in [-0.4, -0.2) is 34.2 Å². The van der Waals surface area contributed by atoms with Crippen molar-refractivity contribution in [2.24, 2.45) is 11.5 Å². The number of carbonyl (C=O) groups is 2. The van der Waals surface area contributed by atoms with Gasteiger partial charge in [-0.15, -0.1) is 0 Å². The molecule has 6 N–H and O–H groups in total. The van der Waals surface area contributed by atoms with Crippen LogP contribution in [0.5, 0.6) is 0 Å². The van der Waals surface area contributed by atoms with E-state index in [2.05, 4.69) is 0 Å². The van der Waals surface area contributed by atoms with Crippen LogP contribution in [0, 0.1) is 0 Å². The van der Waals surface area contributed by atoms with Crippen LogP contribution < -0.4 is 11.5 Å². The molecule has 0 aliphatic rings. The van der Waals surface area contributed by atoms with Gasteiger partial charge in [0.05, 0.1) is 0 Å². The van der Waals surface area contributed by atoms with E-state index >= 15 is 0 Å². The summed E-state index contributed by atoms with van der Waals surface area (Å²) in [6.07, 6.45) is 0. The minimum atomic E-state index is -0.963. The molecule has 0 unspecified atom stereocenters. The van der Waals surface area contributed by atoms with Crippen LogP contribution in [-0.2, 0) is 26.1 Å². The summed E-state index contributed by atoms with van der Waals surface area (Å²) < 4.78 is 0. The molecule has 6 nitrogen and oxygen atoms in total. The molecule has 0 aliphatic carbocycles. The second-order valence-corrected chi connectivity index (χ2v) is 2.25. The molecule has 0 saturated heterocycles. The Bertz CT molecular complexity index is 143. The van der Waals surface area contributed by atoms with Gasteiger partial charge in [-0.1, -0.05) is 0 Å². The van der Waals surface area contributed by atoms with E-state index in [9.17, 15) is 9.59 Å². The Morgan fingerprint density at radius 1 is 1.00 bits per heavy atom. The van der Waals surface area contributed by atoms with Crippen LogP contribution >= 0.6 is 0 Å². The molecule has 0 radical (unpaired) electrons. The zero-order valence-corrected chi connectivity index (χ0v) is 8.32. The monoisotopic (exact) mass is 236 g/mol. The van der Waals surface area contributed by atoms with E-state index in [1.54, 1.807) is 0 Å². The van der Waals surface area contributed by atoms with Gasteiger partial charge in [-0.2, -0.15) is 0 Å². The van der Waals surface area contributed by atoms with Crippen molar-refractivity contribution in [3.05, 3.63) is 0 Å². The third-order valence-corrected chi connectivity index (χ3v) is 0.779. The smallest absolute Gasteiger partial charge is 0.320 e. The zero-order valence-electron chi connectivity index (χ0n) is 7.34. The molecule has 7 heteroatoms. The zero-order chi connectivity index (χ0) is 10.3. The van der Waals surface area contributed by atoms with Crippen molar-refractivity contribution >= 4 is 11.9 Å². The predicted octanol–water partition coefficient (Wildman–Crippen LogP) is -1.17. The van der Waals surface area contributed by atoms with Gasteiger partial charge in [-0.05, 0) is 13.8 Å². The first-order valence-electron chi connectivity index (χ1n) is 3.25. The molecule has 13 heavy (non-hydrogen) atoms. The number of aliphatic carboxylic acids is 2. The quantitative estimate of drug-likeness (QED) is 0.448. The Morgan fingerprint density at radius 2 is 1.08 bits per heavy atom. The summed E-state index contributed by atoms with van der Waals surface area (Å²) >= 11 is 0. The number of carboxylic acids is 2. The summed E-state index contributed by atoms with van der Waals surface area (Å²) in [6, 6.07) is -1.46. The van der Waals surface area contributed by atoms with E-state index in [4.69, 9.17) is 21.7 Å². The van der Waals surface area contributed by atoms with Crippen LogP contribution in [0.3, 0.4) is 0 Å². The minimum absolute atomic E-state index is 0. The molecule has 0 spiro atoms. The number of hydrogen-bond acceptors (Lipinski definition) is 4. The van der Waals surface area contributed by atoms with E-state index in [0.717, 1.165) is 0 Å². The Hall–Kier alpha value is -0.646. The van der Waals surface area contributed by atoms with E-state index in [1.807, 2.05) is 0 Å². The van der Waals surface area contributed by atoms with Gasteiger partial charge in [0.2, 0.25) is 0 Å². The molecule has 0 saturated carbocycles. The van der Waals surface area contributed by atoms with Crippen LogP contribution in [0.2, 0.25) is 0 Å². The topological polar surface area (TPSA) is 127 Å². The molecule has 0 amide bonds. The van der Waals surface area contributed by atoms with Crippen LogP contribution in [0.4, 0.5) is 0 Å². The van der Waals surface area contributed by atoms with Crippen LogP contribution in [0.25, 0.3) is 0 Å². The molecular formula is C6H14N2NiO4. The minimum Gasteiger partial charge on any atom is -0.480 e. The largest absolute Gasteiger partial charge is 0.480 e. The maximum atomic E-state index is 9.57. The third kappa shape index (κ3) is 18.4. The van der Waals surface area contributed by atoms with Crippen molar-refractivity contribution < 1.29 is 36.3 Å². The molecule has 82 valence electrons. The summed E-state index contributed by atoms with van der Waals surface area (Å²) in [5.41, 5.74) is 9.67. The molecular weight excluding hydrogens is 223 g/mol. The average molecular weight is 237 g/mol. The fraction of sp³-hybridized carbons (Fsp3) is 0.667. The molecule has 0 bridgehead atoms. The average Bonchev–Trinajstić information content (AvgIpc) is 1.88. The molecule has 2 atom stereocenters. The maximum Gasteiger partial charge on any atom is 0.320 e. The Morgan fingerprint density at radius 3 is 1.08 bits per heavy atom. The molecule has 0 aromatic carbocycles. The van der Waals surface area contributed by atoms with E-state index in [0.29, 0.717) is 0 Å². The number of rotatable bonds is 2. The van der Waals surface area contributed by atoms with Crippen molar-refractivity contribution in [1.82, 2.24) is 0 Å². The van der Waals surface area contributed by atoms with E-state index in [-0.39, 0.29) is 16.5 Å². The second-order valence-electron chi connectivity index (χ2n) is 2.25. The summed E-state index contributed by atoms with van der Waals surface area (Å²) in [7, 11) is 0. The first-order valence-corrected chi connectivity index (χ1v) is 3.25. The SMILES string of the molecule is C[C@H](N)C(=O)O.C[C@H](N)C(=O)O.[Ni]. The van der Waals surface area contributed by atoms with Gasteiger partial charge in [0, 0.05) is 16.5 Å². The van der Waals surface area contributed by atoms with Gasteiger partial charge in [-0.3, -0.25) is 9.59 Å². The van der Waals surface area contributed by atoms with E-state index < -0.39 is 24.0 Å². The van der Waals surface area contributed by atoms with Crippen LogP contribution in [0.15, 0.2) is 0 Å². The predicted molar refractivity (Wildman–Crippen MR) is 42.6 cm³/mol. The van der Waals surface area contributed by atoms with Crippen molar-refractivity contribution in [2.75, 3.05) is 0 Å². The maximum absolute atomic E-state index is 9.57. The number of carboxylic acid groups (broad SMARTS) is 2. The molecule has 0 aliphatic heterocycles. The summed E-state index contributed by atoms with van der Waals surface area (Å²) in [5.74, 6) is -1.93. The summed E-state index contributed by atoms with van der Waals surface area (Å²) in [5, 5.41) is 15.7. The first kappa shape index (κ1) is 18.2. The number of hydrogen-bond donors (Lipinski definition) is 4. The van der Waals surface area contributed by atoms with Gasteiger partial charge >= 0.3 is 11.9 Å². The first-order chi connectivity index (χ1) is 5.29. The van der Waals surface area contributed by atoms with Gasteiger partial charge in [0.15, 0.2) is 0 Å². The summed E-state index contributed by atoms with van der Waals surface area (Å²) in [4.78, 5) is 19.1. The van der Waals surface area contributed by atoms with Gasteiger partial charge in [-0.25, -0.2) is 0 Å². The van der Waals surface area contributed by atoms with Crippen molar-refractivity contribution in [2.45, 2.75) is 25.9 Å². The molecule has 0 rings (SSSR count). The summed E-state index contributed by atoms with van der Waals surface area (Å²) in [6.45, 7) is 2.84. The second kappa shape index (κ2) is 9.44. The normalized spacial score (nSPS) is 12.6. The van der Waals surface area contributed by atoms with Gasteiger partial charge in [0.25, 0.3) is 0 Å². The molecule has 0 heterocycles. The van der Waals surface area contributed by atoms with Gasteiger partial charge in [0.1, 0.15) is 12.1 Å². The van der Waals surface area contributed by atoms with Crippen molar-refractivity contribution in [3.8, 4) is 0 Å². The molecule has 0 aromatic rings. The Labute approximate surface area is 86.2 Å².